The molecule has 1 aromatic heterocycles. The van der Waals surface area contributed by atoms with Gasteiger partial charge in [-0.05, 0) is 30.9 Å². The van der Waals surface area contributed by atoms with Crippen LogP contribution in [0.25, 0.3) is 10.9 Å². The summed E-state index contributed by atoms with van der Waals surface area (Å²) < 4.78 is 1.88. The van der Waals surface area contributed by atoms with E-state index in [4.69, 9.17) is 0 Å². The normalized spacial score (nSPS) is 12.4. The van der Waals surface area contributed by atoms with E-state index in [9.17, 15) is 9.59 Å². The smallest absolute Gasteiger partial charge is 0.231 e. The minimum Gasteiger partial charge on any atom is -0.303 e. The number of carbonyl (C=O) groups is 2. The zero-order chi connectivity index (χ0) is 16.7. The highest BCUT2D eigenvalue weighted by Gasteiger charge is 2.17. The Bertz CT molecular complexity index is 657. The number of rotatable bonds is 9. The van der Waals surface area contributed by atoms with Crippen LogP contribution in [0.5, 0.6) is 0 Å². The minimum atomic E-state index is 0.0918. The molecule has 0 aliphatic carbocycles. The first-order valence-electron chi connectivity index (χ1n) is 8.73. The van der Waals surface area contributed by atoms with Crippen molar-refractivity contribution >= 4 is 23.1 Å². The van der Waals surface area contributed by atoms with Crippen molar-refractivity contribution in [3.05, 3.63) is 36.0 Å². The first-order chi connectivity index (χ1) is 11.2. The van der Waals surface area contributed by atoms with Crippen LogP contribution < -0.4 is 0 Å². The third kappa shape index (κ3) is 4.54. The molecule has 2 rings (SSSR count). The lowest BCUT2D eigenvalue weighted by Crippen LogP contribution is -2.17. The number of hydrogen-bond donors (Lipinski definition) is 0. The molecular formula is C20H27NO2. The Hall–Kier alpha value is -1.90. The van der Waals surface area contributed by atoms with Gasteiger partial charge < -0.3 is 4.79 Å². The molecule has 0 saturated carbocycles. The first kappa shape index (κ1) is 17.5. The van der Waals surface area contributed by atoms with Crippen LogP contribution in [0, 0.1) is 5.92 Å². The number of unbranched alkanes of at least 4 members (excludes halogenated alkanes) is 3. The molecule has 0 aliphatic rings. The molecule has 0 amide bonds. The lowest BCUT2D eigenvalue weighted by atomic mass is 10.0. The molecule has 23 heavy (non-hydrogen) atoms. The largest absolute Gasteiger partial charge is 0.303 e. The summed E-state index contributed by atoms with van der Waals surface area (Å²) in [4.78, 5) is 23.4. The number of hydrogen-bond acceptors (Lipinski definition) is 2. The van der Waals surface area contributed by atoms with Gasteiger partial charge in [0.2, 0.25) is 5.91 Å². The van der Waals surface area contributed by atoms with Gasteiger partial charge in [0.25, 0.3) is 0 Å². The van der Waals surface area contributed by atoms with Crippen molar-refractivity contribution in [3.63, 3.8) is 0 Å². The van der Waals surface area contributed by atoms with Crippen molar-refractivity contribution in [2.45, 2.75) is 58.8 Å². The fourth-order valence-corrected chi connectivity index (χ4v) is 3.06. The highest BCUT2D eigenvalue weighted by molar-refractivity contribution is 5.94. The Morgan fingerprint density at radius 2 is 2.00 bits per heavy atom. The third-order valence-corrected chi connectivity index (χ3v) is 4.34. The van der Waals surface area contributed by atoms with Crippen molar-refractivity contribution in [1.82, 2.24) is 4.57 Å². The van der Waals surface area contributed by atoms with Crippen molar-refractivity contribution in [2.75, 3.05) is 0 Å². The number of benzene rings is 1. The third-order valence-electron chi connectivity index (χ3n) is 4.34. The molecule has 0 fully saturated rings. The van der Waals surface area contributed by atoms with E-state index in [2.05, 4.69) is 19.1 Å². The van der Waals surface area contributed by atoms with Gasteiger partial charge in [-0.15, -0.1) is 0 Å². The lowest BCUT2D eigenvalue weighted by Gasteiger charge is -2.12. The molecule has 2 aromatic rings. The van der Waals surface area contributed by atoms with Gasteiger partial charge >= 0.3 is 0 Å². The summed E-state index contributed by atoms with van der Waals surface area (Å²) >= 11 is 0. The van der Waals surface area contributed by atoms with Crippen molar-refractivity contribution in [1.29, 1.82) is 0 Å². The SMILES string of the molecule is CCCCCCc1cc2ccccc2n1C(=O)CC(C)CC=O. The minimum absolute atomic E-state index is 0.0918. The van der Waals surface area contributed by atoms with Gasteiger partial charge in [-0.1, -0.05) is 51.3 Å². The summed E-state index contributed by atoms with van der Waals surface area (Å²) in [6, 6.07) is 10.2. The summed E-state index contributed by atoms with van der Waals surface area (Å²) in [6.45, 7) is 4.16. The van der Waals surface area contributed by atoms with Crippen LogP contribution in [0.15, 0.2) is 30.3 Å². The van der Waals surface area contributed by atoms with E-state index >= 15 is 0 Å². The molecule has 3 nitrogen and oxygen atoms in total. The average molecular weight is 313 g/mol. The topological polar surface area (TPSA) is 39.1 Å². The van der Waals surface area contributed by atoms with Crippen LogP contribution >= 0.6 is 0 Å². The number of nitrogens with zero attached hydrogens (tertiary/aromatic N) is 1. The number of fused-ring (bicyclic) bond motifs is 1. The summed E-state index contributed by atoms with van der Waals surface area (Å²) in [6.07, 6.45) is 7.46. The van der Waals surface area contributed by atoms with Gasteiger partial charge in [0, 0.05) is 23.9 Å². The molecular weight excluding hydrogens is 286 g/mol. The van der Waals surface area contributed by atoms with E-state index in [0.717, 1.165) is 35.7 Å². The van der Waals surface area contributed by atoms with Crippen LogP contribution in [0.3, 0.4) is 0 Å². The Morgan fingerprint density at radius 3 is 2.74 bits per heavy atom. The van der Waals surface area contributed by atoms with E-state index in [1.54, 1.807) is 0 Å². The number of aldehydes is 1. The molecule has 1 unspecified atom stereocenters. The highest BCUT2D eigenvalue weighted by atomic mass is 16.2. The van der Waals surface area contributed by atoms with Crippen LogP contribution in [0.2, 0.25) is 0 Å². The standard InChI is InChI=1S/C20H27NO2/c1-3-4-5-6-10-18-15-17-9-7-8-11-19(17)21(18)20(23)14-16(2)12-13-22/h7-9,11,13,15-16H,3-6,10,12,14H2,1-2H3. The van der Waals surface area contributed by atoms with E-state index in [1.165, 1.54) is 19.3 Å². The molecule has 0 spiro atoms. The monoisotopic (exact) mass is 313 g/mol. The zero-order valence-corrected chi connectivity index (χ0v) is 14.3. The maximum Gasteiger partial charge on any atom is 0.231 e. The van der Waals surface area contributed by atoms with Crippen LogP contribution in [0.4, 0.5) is 0 Å². The Morgan fingerprint density at radius 1 is 1.22 bits per heavy atom. The van der Waals surface area contributed by atoms with E-state index < -0.39 is 0 Å². The van der Waals surface area contributed by atoms with Gasteiger partial charge in [-0.3, -0.25) is 9.36 Å². The molecule has 0 N–H and O–H groups in total. The summed E-state index contributed by atoms with van der Waals surface area (Å²) in [7, 11) is 0. The lowest BCUT2D eigenvalue weighted by molar-refractivity contribution is -0.108. The average Bonchev–Trinajstić information content (AvgIpc) is 2.90. The molecule has 0 saturated heterocycles. The highest BCUT2D eigenvalue weighted by Crippen LogP contribution is 2.23. The Balaban J connectivity index is 2.23. The van der Waals surface area contributed by atoms with Crippen molar-refractivity contribution < 1.29 is 9.59 Å². The molecule has 1 atom stereocenters. The second-order valence-electron chi connectivity index (χ2n) is 6.45. The fraction of sp³-hybridized carbons (Fsp3) is 0.500. The maximum atomic E-state index is 12.8. The van der Waals surface area contributed by atoms with Crippen molar-refractivity contribution in [3.8, 4) is 0 Å². The number of aromatic nitrogens is 1. The summed E-state index contributed by atoms with van der Waals surface area (Å²) in [5.41, 5.74) is 2.09. The van der Waals surface area contributed by atoms with Gasteiger partial charge in [0.15, 0.2) is 0 Å². The number of aryl methyl sites for hydroxylation is 1. The van der Waals surface area contributed by atoms with Crippen LogP contribution in [-0.4, -0.2) is 16.8 Å². The second kappa shape index (κ2) is 8.66. The second-order valence-corrected chi connectivity index (χ2v) is 6.45. The van der Waals surface area contributed by atoms with E-state index in [1.807, 2.05) is 29.7 Å². The summed E-state index contributed by atoms with van der Waals surface area (Å²) in [5.74, 6) is 0.195. The molecule has 0 bridgehead atoms. The van der Waals surface area contributed by atoms with Gasteiger partial charge in [0.05, 0.1) is 5.52 Å². The van der Waals surface area contributed by atoms with Crippen LogP contribution in [-0.2, 0) is 11.2 Å². The Kier molecular flexibility index (Phi) is 6.57. The molecule has 0 radical (unpaired) electrons. The quantitative estimate of drug-likeness (QED) is 0.481. The molecule has 124 valence electrons. The van der Waals surface area contributed by atoms with Crippen molar-refractivity contribution in [2.24, 2.45) is 5.92 Å². The fourth-order valence-electron chi connectivity index (χ4n) is 3.06. The Labute approximate surface area is 138 Å². The summed E-state index contributed by atoms with van der Waals surface area (Å²) in [5, 5.41) is 1.12. The predicted octanol–water partition coefficient (Wildman–Crippen LogP) is 5.02. The number of carbonyl (C=O) groups excluding carboxylic acids is 2. The molecule has 0 aliphatic heterocycles. The van der Waals surface area contributed by atoms with Crippen LogP contribution in [0.1, 0.15) is 62.9 Å². The molecule has 1 aromatic carbocycles. The maximum absolute atomic E-state index is 12.8. The molecule has 3 heteroatoms. The van der Waals surface area contributed by atoms with Gasteiger partial charge in [-0.25, -0.2) is 0 Å². The van der Waals surface area contributed by atoms with Gasteiger partial charge in [0.1, 0.15) is 6.29 Å². The van der Waals surface area contributed by atoms with E-state index in [-0.39, 0.29) is 11.8 Å². The zero-order valence-electron chi connectivity index (χ0n) is 14.3. The van der Waals surface area contributed by atoms with Gasteiger partial charge in [-0.2, -0.15) is 0 Å². The first-order valence-corrected chi connectivity index (χ1v) is 8.73. The molecule has 1 heterocycles. The van der Waals surface area contributed by atoms with E-state index in [0.29, 0.717) is 12.8 Å². The predicted molar refractivity (Wildman–Crippen MR) is 94.9 cm³/mol. The number of para-hydroxylation sites is 1.